The SMILES string of the molecule is CC(C(=O)Nc1cnn(Cc2ccc(Cl)cc2)c1)n1cc(Br)cn1. The monoisotopic (exact) mass is 407 g/mol. The molecule has 2 aromatic heterocycles. The van der Waals surface area contributed by atoms with Gasteiger partial charge in [0.05, 0.1) is 29.1 Å². The highest BCUT2D eigenvalue weighted by atomic mass is 79.9. The van der Waals surface area contributed by atoms with Gasteiger partial charge < -0.3 is 5.32 Å². The van der Waals surface area contributed by atoms with Gasteiger partial charge in [-0.3, -0.25) is 14.2 Å². The van der Waals surface area contributed by atoms with Crippen LogP contribution in [0.5, 0.6) is 0 Å². The third-order valence-corrected chi connectivity index (χ3v) is 4.17. The number of carbonyl (C=O) groups excluding carboxylic acids is 1. The number of anilines is 1. The molecule has 6 nitrogen and oxygen atoms in total. The third kappa shape index (κ3) is 4.04. The van der Waals surface area contributed by atoms with Crippen LogP contribution in [0, 0.1) is 0 Å². The van der Waals surface area contributed by atoms with E-state index in [0.29, 0.717) is 17.3 Å². The zero-order valence-corrected chi connectivity index (χ0v) is 15.2. The number of rotatable bonds is 5. The second-order valence-electron chi connectivity index (χ2n) is 5.36. The van der Waals surface area contributed by atoms with Gasteiger partial charge in [0, 0.05) is 17.4 Å². The molecular weight excluding hydrogens is 394 g/mol. The van der Waals surface area contributed by atoms with E-state index in [4.69, 9.17) is 11.6 Å². The van der Waals surface area contributed by atoms with Gasteiger partial charge >= 0.3 is 0 Å². The smallest absolute Gasteiger partial charge is 0.249 e. The molecule has 124 valence electrons. The number of halogens is 2. The zero-order chi connectivity index (χ0) is 17.1. The average Bonchev–Trinajstić information content (AvgIpc) is 3.18. The van der Waals surface area contributed by atoms with Crippen molar-refractivity contribution in [2.75, 3.05) is 5.32 Å². The fourth-order valence-electron chi connectivity index (χ4n) is 2.18. The Balaban J connectivity index is 1.63. The molecule has 1 atom stereocenters. The second-order valence-corrected chi connectivity index (χ2v) is 6.71. The summed E-state index contributed by atoms with van der Waals surface area (Å²) in [6, 6.07) is 7.15. The molecule has 0 radical (unpaired) electrons. The van der Waals surface area contributed by atoms with Crippen molar-refractivity contribution < 1.29 is 4.79 Å². The Bertz CT molecular complexity index is 842. The molecule has 1 aromatic carbocycles. The first-order chi connectivity index (χ1) is 11.5. The van der Waals surface area contributed by atoms with Gasteiger partial charge in [-0.1, -0.05) is 23.7 Å². The highest BCUT2D eigenvalue weighted by molar-refractivity contribution is 9.10. The van der Waals surface area contributed by atoms with Crippen LogP contribution in [-0.2, 0) is 11.3 Å². The minimum Gasteiger partial charge on any atom is -0.322 e. The summed E-state index contributed by atoms with van der Waals surface area (Å²) in [5, 5.41) is 11.9. The predicted octanol–water partition coefficient (Wildman–Crippen LogP) is 3.74. The van der Waals surface area contributed by atoms with E-state index in [1.807, 2.05) is 24.3 Å². The lowest BCUT2D eigenvalue weighted by atomic mass is 10.2. The highest BCUT2D eigenvalue weighted by Gasteiger charge is 2.16. The maximum Gasteiger partial charge on any atom is 0.249 e. The summed E-state index contributed by atoms with van der Waals surface area (Å²) in [5.74, 6) is -0.156. The number of amides is 1. The first-order valence-electron chi connectivity index (χ1n) is 7.28. The quantitative estimate of drug-likeness (QED) is 0.699. The second kappa shape index (κ2) is 7.19. The molecule has 0 aliphatic carbocycles. The molecule has 1 unspecified atom stereocenters. The normalized spacial score (nSPS) is 12.1. The fourth-order valence-corrected chi connectivity index (χ4v) is 2.61. The predicted molar refractivity (Wildman–Crippen MR) is 96.0 cm³/mol. The van der Waals surface area contributed by atoms with Crippen LogP contribution in [0.1, 0.15) is 18.5 Å². The molecule has 0 aliphatic rings. The van der Waals surface area contributed by atoms with Gasteiger partial charge in [-0.2, -0.15) is 10.2 Å². The molecule has 1 N–H and O–H groups in total. The van der Waals surface area contributed by atoms with E-state index >= 15 is 0 Å². The van der Waals surface area contributed by atoms with Crippen molar-refractivity contribution in [1.82, 2.24) is 19.6 Å². The third-order valence-electron chi connectivity index (χ3n) is 3.50. The number of nitrogens with zero attached hydrogens (tertiary/aromatic N) is 4. The average molecular weight is 409 g/mol. The minimum atomic E-state index is -0.420. The molecule has 0 saturated heterocycles. The number of nitrogens with one attached hydrogen (secondary N) is 1. The molecule has 3 aromatic rings. The molecule has 0 fully saturated rings. The van der Waals surface area contributed by atoms with Crippen LogP contribution in [0.25, 0.3) is 0 Å². The molecule has 0 saturated carbocycles. The first kappa shape index (κ1) is 16.7. The molecule has 8 heteroatoms. The van der Waals surface area contributed by atoms with Gasteiger partial charge in [0.1, 0.15) is 6.04 Å². The van der Waals surface area contributed by atoms with Crippen molar-refractivity contribution in [3.8, 4) is 0 Å². The van der Waals surface area contributed by atoms with E-state index in [2.05, 4.69) is 31.4 Å². The first-order valence-corrected chi connectivity index (χ1v) is 8.46. The number of aromatic nitrogens is 4. The zero-order valence-electron chi connectivity index (χ0n) is 12.9. The van der Waals surface area contributed by atoms with Crippen molar-refractivity contribution in [1.29, 1.82) is 0 Å². The molecule has 2 heterocycles. The number of hydrogen-bond donors (Lipinski definition) is 1. The summed E-state index contributed by atoms with van der Waals surface area (Å²) in [6.07, 6.45) is 6.82. The van der Waals surface area contributed by atoms with E-state index < -0.39 is 6.04 Å². The molecule has 0 spiro atoms. The van der Waals surface area contributed by atoms with Gasteiger partial charge in [-0.05, 0) is 40.5 Å². The summed E-state index contributed by atoms with van der Waals surface area (Å²) in [6.45, 7) is 2.39. The van der Waals surface area contributed by atoms with E-state index in [9.17, 15) is 4.79 Å². The molecule has 24 heavy (non-hydrogen) atoms. The van der Waals surface area contributed by atoms with Gasteiger partial charge in [0.25, 0.3) is 0 Å². The Morgan fingerprint density at radius 1 is 1.25 bits per heavy atom. The molecular formula is C16H15BrClN5O. The van der Waals surface area contributed by atoms with Gasteiger partial charge in [0.15, 0.2) is 0 Å². The van der Waals surface area contributed by atoms with E-state index in [1.165, 1.54) is 0 Å². The van der Waals surface area contributed by atoms with Gasteiger partial charge in [-0.15, -0.1) is 0 Å². The largest absolute Gasteiger partial charge is 0.322 e. The van der Waals surface area contributed by atoms with Crippen LogP contribution in [0.2, 0.25) is 5.02 Å². The Hall–Kier alpha value is -2.12. The summed E-state index contributed by atoms with van der Waals surface area (Å²) in [4.78, 5) is 12.3. The summed E-state index contributed by atoms with van der Waals surface area (Å²) in [5.41, 5.74) is 1.72. The van der Waals surface area contributed by atoms with Crippen molar-refractivity contribution >= 4 is 39.1 Å². The van der Waals surface area contributed by atoms with Gasteiger partial charge in [-0.25, -0.2) is 0 Å². The van der Waals surface area contributed by atoms with Crippen LogP contribution in [0.4, 0.5) is 5.69 Å². The topological polar surface area (TPSA) is 64.7 Å². The number of hydrogen-bond acceptors (Lipinski definition) is 3. The lowest BCUT2D eigenvalue weighted by Gasteiger charge is -2.11. The Morgan fingerprint density at radius 3 is 2.67 bits per heavy atom. The molecule has 3 rings (SSSR count). The van der Waals surface area contributed by atoms with Crippen molar-refractivity contribution in [3.63, 3.8) is 0 Å². The maximum absolute atomic E-state index is 12.3. The van der Waals surface area contributed by atoms with Crippen LogP contribution >= 0.6 is 27.5 Å². The standard InChI is InChI=1S/C16H15BrClN5O/c1-11(23-9-13(17)6-20-23)16(24)21-15-7-19-22(10-15)8-12-2-4-14(18)5-3-12/h2-7,9-11H,8H2,1H3,(H,21,24). The molecule has 0 bridgehead atoms. The van der Waals surface area contributed by atoms with Crippen LogP contribution in [-0.4, -0.2) is 25.5 Å². The lowest BCUT2D eigenvalue weighted by Crippen LogP contribution is -2.23. The molecule has 0 aliphatic heterocycles. The Labute approximate surface area is 152 Å². The van der Waals surface area contributed by atoms with Crippen molar-refractivity contribution in [2.45, 2.75) is 19.5 Å². The summed E-state index contributed by atoms with van der Waals surface area (Å²) in [7, 11) is 0. The van der Waals surface area contributed by atoms with Crippen LogP contribution in [0.15, 0.2) is 53.5 Å². The molecule has 1 amide bonds. The van der Waals surface area contributed by atoms with E-state index in [1.54, 1.807) is 41.1 Å². The summed E-state index contributed by atoms with van der Waals surface area (Å²) >= 11 is 9.20. The van der Waals surface area contributed by atoms with Crippen LogP contribution < -0.4 is 5.32 Å². The minimum absolute atomic E-state index is 0.156. The van der Waals surface area contributed by atoms with Crippen LogP contribution in [0.3, 0.4) is 0 Å². The summed E-state index contributed by atoms with van der Waals surface area (Å²) < 4.78 is 4.18. The Kier molecular flexibility index (Phi) is 5.01. The lowest BCUT2D eigenvalue weighted by molar-refractivity contribution is -0.119. The van der Waals surface area contributed by atoms with E-state index in [0.717, 1.165) is 10.0 Å². The van der Waals surface area contributed by atoms with Gasteiger partial charge in [0.2, 0.25) is 5.91 Å². The van der Waals surface area contributed by atoms with E-state index in [-0.39, 0.29) is 5.91 Å². The number of benzene rings is 1. The highest BCUT2D eigenvalue weighted by Crippen LogP contribution is 2.15. The Morgan fingerprint density at radius 2 is 2.00 bits per heavy atom. The fraction of sp³-hybridized carbons (Fsp3) is 0.188. The maximum atomic E-state index is 12.3. The number of carbonyl (C=O) groups is 1. The van der Waals surface area contributed by atoms with Crippen molar-refractivity contribution in [3.05, 3.63) is 64.1 Å². The van der Waals surface area contributed by atoms with Crippen molar-refractivity contribution in [2.24, 2.45) is 0 Å².